The summed E-state index contributed by atoms with van der Waals surface area (Å²) < 4.78 is 5.11. The number of thiazole rings is 1. The lowest BCUT2D eigenvalue weighted by molar-refractivity contribution is -0.120. The second kappa shape index (κ2) is 11.3. The summed E-state index contributed by atoms with van der Waals surface area (Å²) in [6, 6.07) is 6.59. The van der Waals surface area contributed by atoms with Crippen LogP contribution in [0.5, 0.6) is 5.75 Å². The van der Waals surface area contributed by atoms with Crippen molar-refractivity contribution in [2.24, 2.45) is 0 Å². The number of amides is 3. The van der Waals surface area contributed by atoms with Crippen molar-refractivity contribution < 1.29 is 19.1 Å². The third-order valence-electron chi connectivity index (χ3n) is 4.25. The lowest BCUT2D eigenvalue weighted by Gasteiger charge is -2.26. The molecule has 162 valence electrons. The monoisotopic (exact) mass is 432 g/mol. The Bertz CT molecular complexity index is 864. The quantitative estimate of drug-likeness (QED) is 0.601. The van der Waals surface area contributed by atoms with E-state index >= 15 is 0 Å². The van der Waals surface area contributed by atoms with Gasteiger partial charge < -0.3 is 20.3 Å². The molecule has 0 unspecified atom stereocenters. The molecule has 30 heavy (non-hydrogen) atoms. The van der Waals surface area contributed by atoms with E-state index in [1.807, 2.05) is 20.8 Å². The van der Waals surface area contributed by atoms with Gasteiger partial charge in [-0.3, -0.25) is 14.4 Å². The zero-order valence-electron chi connectivity index (χ0n) is 17.7. The van der Waals surface area contributed by atoms with Crippen LogP contribution >= 0.6 is 11.3 Å². The fourth-order valence-corrected chi connectivity index (χ4v) is 3.37. The summed E-state index contributed by atoms with van der Waals surface area (Å²) in [5.41, 5.74) is 1.07. The van der Waals surface area contributed by atoms with Gasteiger partial charge in [-0.15, -0.1) is 11.3 Å². The second-order valence-electron chi connectivity index (χ2n) is 6.97. The van der Waals surface area contributed by atoms with Crippen molar-refractivity contribution in [1.82, 2.24) is 15.2 Å². The number of carbonyl (C=O) groups excluding carboxylic acids is 3. The van der Waals surface area contributed by atoms with Gasteiger partial charge in [0.1, 0.15) is 12.3 Å². The molecule has 3 amide bonds. The molecule has 9 heteroatoms. The molecule has 0 atom stereocenters. The van der Waals surface area contributed by atoms with Crippen molar-refractivity contribution in [3.05, 3.63) is 40.9 Å². The molecule has 0 spiro atoms. The van der Waals surface area contributed by atoms with Crippen LogP contribution in [0.15, 0.2) is 29.6 Å². The van der Waals surface area contributed by atoms with E-state index in [4.69, 9.17) is 4.74 Å². The van der Waals surface area contributed by atoms with Gasteiger partial charge in [-0.25, -0.2) is 4.98 Å². The molecule has 0 fully saturated rings. The molecular formula is C21H28N4O4S. The summed E-state index contributed by atoms with van der Waals surface area (Å²) in [5.74, 6) is -0.0310. The van der Waals surface area contributed by atoms with E-state index in [1.54, 1.807) is 36.8 Å². The summed E-state index contributed by atoms with van der Waals surface area (Å²) >= 11 is 1.25. The van der Waals surface area contributed by atoms with Gasteiger partial charge in [0.15, 0.2) is 5.13 Å². The standard InChI is InChI=1S/C21H28N4O4S/c1-5-10-22-18(26)11-16-13-30-21(23-16)24-19(27)12-25(14(2)3)20(28)15-6-8-17(29-4)9-7-15/h6-9,13-14H,5,10-12H2,1-4H3,(H,22,26)(H,23,24,27). The van der Waals surface area contributed by atoms with Gasteiger partial charge in [-0.1, -0.05) is 6.92 Å². The smallest absolute Gasteiger partial charge is 0.254 e. The molecule has 0 bridgehead atoms. The highest BCUT2D eigenvalue weighted by molar-refractivity contribution is 7.13. The van der Waals surface area contributed by atoms with Crippen LogP contribution in [0.3, 0.4) is 0 Å². The molecule has 0 aliphatic rings. The maximum absolute atomic E-state index is 12.8. The number of carbonyl (C=O) groups is 3. The Balaban J connectivity index is 1.97. The molecule has 2 N–H and O–H groups in total. The minimum atomic E-state index is -0.345. The molecule has 0 aliphatic carbocycles. The highest BCUT2D eigenvalue weighted by Gasteiger charge is 2.22. The first-order chi connectivity index (χ1) is 14.3. The Hall–Kier alpha value is -2.94. The van der Waals surface area contributed by atoms with Crippen LogP contribution in [0.4, 0.5) is 5.13 Å². The number of rotatable bonds is 10. The maximum atomic E-state index is 12.8. The number of benzene rings is 1. The van der Waals surface area contributed by atoms with Crippen LogP contribution in [0, 0.1) is 0 Å². The number of ether oxygens (including phenoxy) is 1. The molecule has 2 aromatic rings. The van der Waals surface area contributed by atoms with Crippen molar-refractivity contribution in [3.63, 3.8) is 0 Å². The first-order valence-corrected chi connectivity index (χ1v) is 10.7. The summed E-state index contributed by atoms with van der Waals surface area (Å²) in [4.78, 5) is 42.9. The molecule has 0 saturated carbocycles. The molecular weight excluding hydrogens is 404 g/mol. The molecule has 1 aromatic heterocycles. The predicted octanol–water partition coefficient (Wildman–Crippen LogP) is 2.71. The average molecular weight is 433 g/mol. The third kappa shape index (κ3) is 6.84. The molecule has 2 rings (SSSR count). The Morgan fingerprint density at radius 2 is 1.87 bits per heavy atom. The van der Waals surface area contributed by atoms with Crippen molar-refractivity contribution in [2.45, 2.75) is 39.7 Å². The minimum absolute atomic E-state index is 0.101. The van der Waals surface area contributed by atoms with Crippen LogP contribution in [-0.4, -0.2) is 53.8 Å². The van der Waals surface area contributed by atoms with Gasteiger partial charge in [0.25, 0.3) is 5.91 Å². The number of nitrogens with zero attached hydrogens (tertiary/aromatic N) is 2. The van der Waals surface area contributed by atoms with Crippen molar-refractivity contribution in [3.8, 4) is 5.75 Å². The number of methoxy groups -OCH3 is 1. The highest BCUT2D eigenvalue weighted by atomic mass is 32.1. The molecule has 0 radical (unpaired) electrons. The van der Waals surface area contributed by atoms with Gasteiger partial charge in [0.05, 0.1) is 19.2 Å². The lowest BCUT2D eigenvalue weighted by Crippen LogP contribution is -2.42. The van der Waals surface area contributed by atoms with E-state index in [0.717, 1.165) is 6.42 Å². The van der Waals surface area contributed by atoms with Gasteiger partial charge in [0.2, 0.25) is 11.8 Å². The van der Waals surface area contributed by atoms with Crippen LogP contribution in [0.25, 0.3) is 0 Å². The fraction of sp³-hybridized carbons (Fsp3) is 0.429. The Kier molecular flexibility index (Phi) is 8.79. The van der Waals surface area contributed by atoms with E-state index in [2.05, 4.69) is 15.6 Å². The minimum Gasteiger partial charge on any atom is -0.497 e. The van der Waals surface area contributed by atoms with Crippen LogP contribution < -0.4 is 15.4 Å². The van der Waals surface area contributed by atoms with E-state index in [-0.39, 0.29) is 36.7 Å². The number of hydrogen-bond donors (Lipinski definition) is 2. The van der Waals surface area contributed by atoms with Crippen molar-refractivity contribution >= 4 is 34.2 Å². The number of aromatic nitrogens is 1. The van der Waals surface area contributed by atoms with Crippen molar-refractivity contribution in [1.29, 1.82) is 0 Å². The van der Waals surface area contributed by atoms with E-state index in [9.17, 15) is 14.4 Å². The van der Waals surface area contributed by atoms with Crippen molar-refractivity contribution in [2.75, 3.05) is 25.5 Å². The van der Waals surface area contributed by atoms with Crippen LogP contribution in [0.2, 0.25) is 0 Å². The summed E-state index contributed by atoms with van der Waals surface area (Å²) in [6.07, 6.45) is 1.03. The zero-order valence-corrected chi connectivity index (χ0v) is 18.5. The SMILES string of the molecule is CCCNC(=O)Cc1csc(NC(=O)CN(C(=O)c2ccc(OC)cc2)C(C)C)n1. The average Bonchev–Trinajstić information content (AvgIpc) is 3.16. The van der Waals surface area contributed by atoms with Crippen LogP contribution in [-0.2, 0) is 16.0 Å². The number of hydrogen-bond acceptors (Lipinski definition) is 6. The van der Waals surface area contributed by atoms with E-state index in [1.165, 1.54) is 16.2 Å². The van der Waals surface area contributed by atoms with Gasteiger partial charge in [-0.2, -0.15) is 0 Å². The fourth-order valence-electron chi connectivity index (χ4n) is 2.64. The first-order valence-electron chi connectivity index (χ1n) is 9.80. The number of anilines is 1. The molecule has 1 heterocycles. The largest absolute Gasteiger partial charge is 0.497 e. The zero-order chi connectivity index (χ0) is 22.1. The summed E-state index contributed by atoms with van der Waals surface area (Å²) in [5, 5.41) is 7.64. The molecule has 0 saturated heterocycles. The van der Waals surface area contributed by atoms with Crippen LogP contribution in [0.1, 0.15) is 43.2 Å². The van der Waals surface area contributed by atoms with E-state index in [0.29, 0.717) is 28.7 Å². The third-order valence-corrected chi connectivity index (χ3v) is 5.05. The number of nitrogens with one attached hydrogen (secondary N) is 2. The Labute approximate surface area is 180 Å². The highest BCUT2D eigenvalue weighted by Crippen LogP contribution is 2.17. The summed E-state index contributed by atoms with van der Waals surface area (Å²) in [6.45, 7) is 6.21. The lowest BCUT2D eigenvalue weighted by atomic mass is 10.1. The predicted molar refractivity (Wildman–Crippen MR) is 117 cm³/mol. The summed E-state index contributed by atoms with van der Waals surface area (Å²) in [7, 11) is 1.56. The van der Waals surface area contributed by atoms with Gasteiger partial charge >= 0.3 is 0 Å². The molecule has 1 aromatic carbocycles. The second-order valence-corrected chi connectivity index (χ2v) is 7.83. The molecule has 8 nitrogen and oxygen atoms in total. The normalized spacial score (nSPS) is 10.6. The van der Waals surface area contributed by atoms with Gasteiger partial charge in [0, 0.05) is 23.5 Å². The topological polar surface area (TPSA) is 101 Å². The first kappa shape index (κ1) is 23.3. The Morgan fingerprint density at radius 3 is 2.47 bits per heavy atom. The van der Waals surface area contributed by atoms with Gasteiger partial charge in [-0.05, 0) is 44.5 Å². The Morgan fingerprint density at radius 1 is 1.17 bits per heavy atom. The van der Waals surface area contributed by atoms with E-state index < -0.39 is 0 Å². The maximum Gasteiger partial charge on any atom is 0.254 e. The molecule has 0 aliphatic heterocycles.